The van der Waals surface area contributed by atoms with Crippen LogP contribution in [0.2, 0.25) is 0 Å². The summed E-state index contributed by atoms with van der Waals surface area (Å²) in [6.45, 7) is 3.95. The summed E-state index contributed by atoms with van der Waals surface area (Å²) < 4.78 is 26.3. The zero-order chi connectivity index (χ0) is 13.0. The van der Waals surface area contributed by atoms with Crippen LogP contribution in [0.4, 0.5) is 20.2 Å². The molecule has 0 aliphatic heterocycles. The fraction of sp³-hybridized carbons (Fsp3) is 0.417. The van der Waals surface area contributed by atoms with Gasteiger partial charge in [0.2, 0.25) is 5.91 Å². The van der Waals surface area contributed by atoms with E-state index in [0.717, 1.165) is 6.07 Å². The standard InChI is InChI=1S/C12H16F2N2O/c1-7(2)3-6-10(17)16-12-9(15)5-4-8(13)11(12)14/h4-5,7H,3,6,15H2,1-2H3,(H,16,17). The molecule has 0 aliphatic carbocycles. The van der Waals surface area contributed by atoms with Gasteiger partial charge in [-0.05, 0) is 24.5 Å². The normalized spacial score (nSPS) is 10.6. The largest absolute Gasteiger partial charge is 0.397 e. The van der Waals surface area contributed by atoms with Gasteiger partial charge in [-0.1, -0.05) is 13.8 Å². The molecule has 3 N–H and O–H groups in total. The van der Waals surface area contributed by atoms with Crippen LogP contribution in [0, 0.1) is 17.6 Å². The zero-order valence-electron chi connectivity index (χ0n) is 9.89. The van der Waals surface area contributed by atoms with Crippen LogP contribution in [-0.2, 0) is 4.79 Å². The Morgan fingerprint density at radius 1 is 1.41 bits per heavy atom. The van der Waals surface area contributed by atoms with Crippen LogP contribution >= 0.6 is 0 Å². The molecule has 0 atom stereocenters. The number of carbonyl (C=O) groups is 1. The topological polar surface area (TPSA) is 55.1 Å². The van der Waals surface area contributed by atoms with E-state index in [4.69, 9.17) is 5.73 Å². The lowest BCUT2D eigenvalue weighted by molar-refractivity contribution is -0.116. The molecule has 1 aromatic carbocycles. The van der Waals surface area contributed by atoms with Crippen molar-refractivity contribution in [1.82, 2.24) is 0 Å². The third kappa shape index (κ3) is 3.69. The molecule has 0 bridgehead atoms. The second-order valence-electron chi connectivity index (χ2n) is 4.31. The Morgan fingerprint density at radius 2 is 2.06 bits per heavy atom. The Balaban J connectivity index is 2.74. The highest BCUT2D eigenvalue weighted by atomic mass is 19.2. The molecule has 0 saturated carbocycles. The monoisotopic (exact) mass is 242 g/mol. The maximum atomic E-state index is 13.4. The Kier molecular flexibility index (Phi) is 4.43. The van der Waals surface area contributed by atoms with Crippen molar-refractivity contribution in [1.29, 1.82) is 0 Å². The van der Waals surface area contributed by atoms with E-state index >= 15 is 0 Å². The number of halogens is 2. The predicted octanol–water partition coefficient (Wildman–Crippen LogP) is 2.92. The summed E-state index contributed by atoms with van der Waals surface area (Å²) in [5.74, 6) is -2.15. The number of amides is 1. The van der Waals surface area contributed by atoms with E-state index in [2.05, 4.69) is 5.32 Å². The number of anilines is 2. The van der Waals surface area contributed by atoms with E-state index < -0.39 is 11.6 Å². The molecular formula is C12H16F2N2O. The number of rotatable bonds is 4. The van der Waals surface area contributed by atoms with E-state index in [-0.39, 0.29) is 23.7 Å². The Hall–Kier alpha value is -1.65. The van der Waals surface area contributed by atoms with Gasteiger partial charge < -0.3 is 11.1 Å². The quantitative estimate of drug-likeness (QED) is 0.797. The van der Waals surface area contributed by atoms with Gasteiger partial charge in [-0.3, -0.25) is 4.79 Å². The molecule has 0 aliphatic rings. The van der Waals surface area contributed by atoms with Gasteiger partial charge in [0.25, 0.3) is 0 Å². The Bertz CT molecular complexity index is 419. The highest BCUT2D eigenvalue weighted by Gasteiger charge is 2.14. The van der Waals surface area contributed by atoms with Gasteiger partial charge in [0.15, 0.2) is 11.6 Å². The van der Waals surface area contributed by atoms with Crippen LogP contribution in [0.15, 0.2) is 12.1 Å². The minimum absolute atomic E-state index is 0.0156. The van der Waals surface area contributed by atoms with Crippen molar-refractivity contribution < 1.29 is 13.6 Å². The second kappa shape index (κ2) is 5.61. The molecule has 1 aromatic rings. The number of carbonyl (C=O) groups excluding carboxylic acids is 1. The molecule has 0 spiro atoms. The van der Waals surface area contributed by atoms with E-state index in [0.29, 0.717) is 12.3 Å². The van der Waals surface area contributed by atoms with Crippen molar-refractivity contribution in [3.05, 3.63) is 23.8 Å². The number of nitrogens with two attached hydrogens (primary N) is 1. The van der Waals surface area contributed by atoms with Crippen molar-refractivity contribution in [3.8, 4) is 0 Å². The summed E-state index contributed by atoms with van der Waals surface area (Å²) in [6.07, 6.45) is 0.940. The summed E-state index contributed by atoms with van der Waals surface area (Å²) in [5.41, 5.74) is 5.21. The van der Waals surface area contributed by atoms with Crippen molar-refractivity contribution in [2.45, 2.75) is 26.7 Å². The number of benzene rings is 1. The zero-order valence-corrected chi connectivity index (χ0v) is 9.89. The number of nitrogen functional groups attached to an aromatic ring is 1. The molecule has 17 heavy (non-hydrogen) atoms. The summed E-state index contributed by atoms with van der Waals surface area (Å²) in [6, 6.07) is 2.14. The first-order valence-corrected chi connectivity index (χ1v) is 5.45. The molecule has 3 nitrogen and oxygen atoms in total. The van der Waals surface area contributed by atoms with Crippen molar-refractivity contribution in [3.63, 3.8) is 0 Å². The van der Waals surface area contributed by atoms with Crippen molar-refractivity contribution in [2.75, 3.05) is 11.1 Å². The van der Waals surface area contributed by atoms with E-state index in [1.165, 1.54) is 6.07 Å². The van der Waals surface area contributed by atoms with Gasteiger partial charge in [-0.2, -0.15) is 0 Å². The highest BCUT2D eigenvalue weighted by molar-refractivity contribution is 5.93. The predicted molar refractivity (Wildman–Crippen MR) is 63.5 cm³/mol. The van der Waals surface area contributed by atoms with Gasteiger partial charge in [-0.25, -0.2) is 8.78 Å². The van der Waals surface area contributed by atoms with Crippen molar-refractivity contribution in [2.24, 2.45) is 5.92 Å². The van der Waals surface area contributed by atoms with Crippen LogP contribution in [-0.4, -0.2) is 5.91 Å². The number of hydrogen-bond acceptors (Lipinski definition) is 2. The van der Waals surface area contributed by atoms with Crippen LogP contribution in [0.25, 0.3) is 0 Å². The summed E-state index contributed by atoms with van der Waals surface area (Å²) >= 11 is 0. The minimum atomic E-state index is -1.12. The molecule has 5 heteroatoms. The molecule has 0 unspecified atom stereocenters. The average molecular weight is 242 g/mol. The average Bonchev–Trinajstić information content (AvgIpc) is 2.27. The maximum Gasteiger partial charge on any atom is 0.224 e. The Labute approximate surface area is 99.0 Å². The molecule has 94 valence electrons. The van der Waals surface area contributed by atoms with E-state index in [1.54, 1.807) is 0 Å². The Morgan fingerprint density at radius 3 is 2.65 bits per heavy atom. The highest BCUT2D eigenvalue weighted by Crippen LogP contribution is 2.24. The van der Waals surface area contributed by atoms with Gasteiger partial charge in [0, 0.05) is 6.42 Å². The fourth-order valence-corrected chi connectivity index (χ4v) is 1.31. The van der Waals surface area contributed by atoms with Gasteiger partial charge in [-0.15, -0.1) is 0 Å². The van der Waals surface area contributed by atoms with E-state index in [9.17, 15) is 13.6 Å². The lowest BCUT2D eigenvalue weighted by Crippen LogP contribution is -2.15. The van der Waals surface area contributed by atoms with Gasteiger partial charge >= 0.3 is 0 Å². The summed E-state index contributed by atoms with van der Waals surface area (Å²) in [7, 11) is 0. The molecule has 0 aromatic heterocycles. The van der Waals surface area contributed by atoms with Crippen LogP contribution in [0.1, 0.15) is 26.7 Å². The fourth-order valence-electron chi connectivity index (χ4n) is 1.31. The third-order valence-electron chi connectivity index (χ3n) is 2.34. The SMILES string of the molecule is CC(C)CCC(=O)Nc1c(N)ccc(F)c1F. The molecule has 0 saturated heterocycles. The molecule has 0 radical (unpaired) electrons. The molecule has 0 heterocycles. The molecule has 1 rings (SSSR count). The van der Waals surface area contributed by atoms with Crippen LogP contribution < -0.4 is 11.1 Å². The second-order valence-corrected chi connectivity index (χ2v) is 4.31. The number of hydrogen-bond donors (Lipinski definition) is 2. The van der Waals surface area contributed by atoms with Crippen LogP contribution in [0.3, 0.4) is 0 Å². The van der Waals surface area contributed by atoms with E-state index in [1.807, 2.05) is 13.8 Å². The molecule has 0 fully saturated rings. The first-order chi connectivity index (χ1) is 7.91. The maximum absolute atomic E-state index is 13.4. The minimum Gasteiger partial charge on any atom is -0.397 e. The smallest absolute Gasteiger partial charge is 0.224 e. The number of nitrogens with one attached hydrogen (secondary N) is 1. The summed E-state index contributed by atoms with van der Waals surface area (Å²) in [4.78, 5) is 11.5. The van der Waals surface area contributed by atoms with Crippen LogP contribution in [0.5, 0.6) is 0 Å². The van der Waals surface area contributed by atoms with Gasteiger partial charge in [0.05, 0.1) is 5.69 Å². The molecular weight excluding hydrogens is 226 g/mol. The van der Waals surface area contributed by atoms with Crippen molar-refractivity contribution >= 4 is 17.3 Å². The summed E-state index contributed by atoms with van der Waals surface area (Å²) in [5, 5.41) is 2.30. The first kappa shape index (κ1) is 13.4. The third-order valence-corrected chi connectivity index (χ3v) is 2.34. The lowest BCUT2D eigenvalue weighted by atomic mass is 10.1. The van der Waals surface area contributed by atoms with Gasteiger partial charge in [0.1, 0.15) is 5.69 Å². The lowest BCUT2D eigenvalue weighted by Gasteiger charge is -2.10. The first-order valence-electron chi connectivity index (χ1n) is 5.45. The molecule has 1 amide bonds.